The highest BCUT2D eigenvalue weighted by Gasteiger charge is 2.07. The zero-order valence-electron chi connectivity index (χ0n) is 14.4. The summed E-state index contributed by atoms with van der Waals surface area (Å²) in [5, 5.41) is 6.35. The largest absolute Gasteiger partial charge is 0.496 e. The van der Waals surface area contributed by atoms with Crippen LogP contribution in [0, 0.1) is 0 Å². The number of nitrogens with one attached hydrogen (secondary N) is 2. The number of hydrogen-bond acceptors (Lipinski definition) is 5. The first-order valence-corrected chi connectivity index (χ1v) is 8.04. The Morgan fingerprint density at radius 3 is 2.80 bits per heavy atom. The van der Waals surface area contributed by atoms with Crippen LogP contribution in [0.2, 0.25) is 0 Å². The summed E-state index contributed by atoms with van der Waals surface area (Å²) >= 11 is 0. The number of hydrazone groups is 1. The number of anilines is 1. The van der Waals surface area contributed by atoms with Crippen molar-refractivity contribution in [2.75, 3.05) is 12.5 Å². The van der Waals surface area contributed by atoms with Crippen LogP contribution in [0.1, 0.15) is 31.0 Å². The molecule has 6 heteroatoms. The number of ether oxygens (including phenoxy) is 1. The van der Waals surface area contributed by atoms with E-state index in [1.807, 2.05) is 50.2 Å². The normalized spacial score (nSPS) is 11.4. The molecule has 0 aliphatic heterocycles. The highest BCUT2D eigenvalue weighted by molar-refractivity contribution is 6.02. The Bertz CT molecular complexity index is 977. The van der Waals surface area contributed by atoms with Crippen molar-refractivity contribution in [1.29, 1.82) is 0 Å². The van der Waals surface area contributed by atoms with Crippen LogP contribution in [0.3, 0.4) is 0 Å². The molecule has 2 aromatic carbocycles. The van der Waals surface area contributed by atoms with Crippen LogP contribution in [0.25, 0.3) is 10.8 Å². The maximum absolute atomic E-state index is 11.7. The van der Waals surface area contributed by atoms with Gasteiger partial charge in [0.25, 0.3) is 5.56 Å². The van der Waals surface area contributed by atoms with Crippen LogP contribution in [0.5, 0.6) is 5.75 Å². The summed E-state index contributed by atoms with van der Waals surface area (Å²) in [6.07, 6.45) is 1.67. The number of nitrogens with zero attached hydrogens (tertiary/aromatic N) is 2. The minimum atomic E-state index is -0.209. The van der Waals surface area contributed by atoms with E-state index in [1.54, 1.807) is 13.3 Å². The first-order chi connectivity index (χ1) is 12.1. The second-order valence-corrected chi connectivity index (χ2v) is 5.95. The van der Waals surface area contributed by atoms with E-state index in [0.717, 1.165) is 22.1 Å². The molecule has 0 fully saturated rings. The molecule has 0 unspecified atom stereocenters. The van der Waals surface area contributed by atoms with E-state index in [2.05, 4.69) is 20.5 Å². The molecule has 0 aliphatic rings. The third-order valence-corrected chi connectivity index (χ3v) is 3.87. The zero-order chi connectivity index (χ0) is 17.8. The van der Waals surface area contributed by atoms with Gasteiger partial charge in [-0.05, 0) is 22.8 Å². The molecule has 0 saturated heterocycles. The third kappa shape index (κ3) is 3.68. The molecule has 0 spiro atoms. The lowest BCUT2D eigenvalue weighted by atomic mass is 10.0. The third-order valence-electron chi connectivity index (χ3n) is 3.87. The van der Waals surface area contributed by atoms with Gasteiger partial charge < -0.3 is 4.74 Å². The van der Waals surface area contributed by atoms with Crippen LogP contribution in [0.4, 0.5) is 5.95 Å². The van der Waals surface area contributed by atoms with Crippen molar-refractivity contribution in [2.24, 2.45) is 5.10 Å². The SMILES string of the molecule is COc1ccc2ccccc2c1/C=N\Nc1nc(C(C)C)cc(=O)[nH]1. The van der Waals surface area contributed by atoms with Gasteiger partial charge in [0.15, 0.2) is 0 Å². The lowest BCUT2D eigenvalue weighted by Gasteiger charge is -2.09. The van der Waals surface area contributed by atoms with E-state index >= 15 is 0 Å². The fourth-order valence-corrected chi connectivity index (χ4v) is 2.57. The number of aromatic amines is 1. The molecule has 0 saturated carbocycles. The molecule has 25 heavy (non-hydrogen) atoms. The molecule has 0 radical (unpaired) electrons. The van der Waals surface area contributed by atoms with Crippen molar-refractivity contribution in [3.8, 4) is 5.75 Å². The highest BCUT2D eigenvalue weighted by atomic mass is 16.5. The fourth-order valence-electron chi connectivity index (χ4n) is 2.57. The van der Waals surface area contributed by atoms with Crippen molar-refractivity contribution in [2.45, 2.75) is 19.8 Å². The van der Waals surface area contributed by atoms with Gasteiger partial charge in [0, 0.05) is 11.6 Å². The van der Waals surface area contributed by atoms with Crippen molar-refractivity contribution < 1.29 is 4.74 Å². The molecule has 3 aromatic rings. The Labute approximate surface area is 145 Å². The van der Waals surface area contributed by atoms with E-state index in [9.17, 15) is 4.79 Å². The molecule has 128 valence electrons. The van der Waals surface area contributed by atoms with Crippen molar-refractivity contribution in [1.82, 2.24) is 9.97 Å². The molecule has 0 atom stereocenters. The summed E-state index contributed by atoms with van der Waals surface area (Å²) in [5.74, 6) is 1.19. The number of aromatic nitrogens is 2. The smallest absolute Gasteiger partial charge is 0.252 e. The topological polar surface area (TPSA) is 79.4 Å². The quantitative estimate of drug-likeness (QED) is 0.552. The summed E-state index contributed by atoms with van der Waals surface area (Å²) in [6, 6.07) is 13.4. The predicted octanol–water partition coefficient (Wildman–Crippen LogP) is 3.50. The van der Waals surface area contributed by atoms with Crippen LogP contribution in [0.15, 0.2) is 52.4 Å². The fraction of sp³-hybridized carbons (Fsp3) is 0.211. The maximum Gasteiger partial charge on any atom is 0.252 e. The van der Waals surface area contributed by atoms with E-state index in [0.29, 0.717) is 11.6 Å². The van der Waals surface area contributed by atoms with Gasteiger partial charge in [-0.25, -0.2) is 10.4 Å². The number of benzene rings is 2. The summed E-state index contributed by atoms with van der Waals surface area (Å²) in [4.78, 5) is 18.7. The summed E-state index contributed by atoms with van der Waals surface area (Å²) in [6.45, 7) is 3.96. The molecule has 6 nitrogen and oxygen atoms in total. The molecule has 0 amide bonds. The second kappa shape index (κ2) is 7.17. The monoisotopic (exact) mass is 336 g/mol. The first-order valence-electron chi connectivity index (χ1n) is 8.04. The Morgan fingerprint density at radius 2 is 2.04 bits per heavy atom. The van der Waals surface area contributed by atoms with E-state index in [1.165, 1.54) is 6.07 Å². The Balaban J connectivity index is 1.93. The van der Waals surface area contributed by atoms with Crippen molar-refractivity contribution >= 4 is 22.9 Å². The van der Waals surface area contributed by atoms with Gasteiger partial charge >= 0.3 is 0 Å². The van der Waals surface area contributed by atoms with E-state index in [-0.39, 0.29) is 11.5 Å². The molecule has 1 aromatic heterocycles. The van der Waals surface area contributed by atoms with Crippen LogP contribution < -0.4 is 15.7 Å². The van der Waals surface area contributed by atoms with Gasteiger partial charge in [0.2, 0.25) is 5.95 Å². The zero-order valence-corrected chi connectivity index (χ0v) is 14.4. The lowest BCUT2D eigenvalue weighted by Crippen LogP contribution is -2.12. The van der Waals surface area contributed by atoms with E-state index in [4.69, 9.17) is 4.74 Å². The van der Waals surface area contributed by atoms with Gasteiger partial charge in [-0.3, -0.25) is 9.78 Å². The highest BCUT2D eigenvalue weighted by Crippen LogP contribution is 2.26. The Hall–Kier alpha value is -3.15. The van der Waals surface area contributed by atoms with Gasteiger partial charge in [0.1, 0.15) is 5.75 Å². The molecular weight excluding hydrogens is 316 g/mol. The Kier molecular flexibility index (Phi) is 4.79. The number of methoxy groups -OCH3 is 1. The molecule has 3 rings (SSSR count). The summed E-state index contributed by atoms with van der Waals surface area (Å²) in [5.41, 5.74) is 4.15. The average Bonchev–Trinajstić information content (AvgIpc) is 2.61. The van der Waals surface area contributed by atoms with Crippen molar-refractivity contribution in [3.05, 3.63) is 64.1 Å². The second-order valence-electron chi connectivity index (χ2n) is 5.95. The standard InChI is InChI=1S/C19H20N4O2/c1-12(2)16-10-18(24)22-19(21-16)23-20-11-15-14-7-5-4-6-13(14)8-9-17(15)25-3/h4-12H,1-3H3,(H2,21,22,23,24)/b20-11-. The van der Waals surface area contributed by atoms with Gasteiger partial charge in [-0.1, -0.05) is 44.2 Å². The van der Waals surface area contributed by atoms with Crippen LogP contribution >= 0.6 is 0 Å². The first kappa shape index (κ1) is 16.7. The number of rotatable bonds is 5. The minimum absolute atomic E-state index is 0.157. The predicted molar refractivity (Wildman–Crippen MR) is 101 cm³/mol. The van der Waals surface area contributed by atoms with Gasteiger partial charge in [-0.2, -0.15) is 5.10 Å². The van der Waals surface area contributed by atoms with Gasteiger partial charge in [-0.15, -0.1) is 0 Å². The molecular formula is C19H20N4O2. The Morgan fingerprint density at radius 1 is 1.24 bits per heavy atom. The number of fused-ring (bicyclic) bond motifs is 1. The molecule has 0 bridgehead atoms. The van der Waals surface area contributed by atoms with Gasteiger partial charge in [0.05, 0.1) is 19.0 Å². The summed E-state index contributed by atoms with van der Waals surface area (Å²) in [7, 11) is 1.63. The molecule has 1 heterocycles. The molecule has 0 aliphatic carbocycles. The van der Waals surface area contributed by atoms with Crippen LogP contribution in [-0.2, 0) is 0 Å². The van der Waals surface area contributed by atoms with Crippen molar-refractivity contribution in [3.63, 3.8) is 0 Å². The minimum Gasteiger partial charge on any atom is -0.496 e. The van der Waals surface area contributed by atoms with Crippen LogP contribution in [-0.4, -0.2) is 23.3 Å². The number of hydrogen-bond donors (Lipinski definition) is 2. The summed E-state index contributed by atoms with van der Waals surface area (Å²) < 4.78 is 5.43. The number of H-pyrrole nitrogens is 1. The van der Waals surface area contributed by atoms with E-state index < -0.39 is 0 Å². The maximum atomic E-state index is 11.7. The average molecular weight is 336 g/mol. The lowest BCUT2D eigenvalue weighted by molar-refractivity contribution is 0.415. The molecule has 2 N–H and O–H groups in total.